The zero-order valence-corrected chi connectivity index (χ0v) is 10.7. The summed E-state index contributed by atoms with van der Waals surface area (Å²) in [6.07, 6.45) is -0.238. The molecule has 7 heteroatoms. The first-order chi connectivity index (χ1) is 8.47. The number of hydrogen-bond donors (Lipinski definition) is 1. The maximum Gasteiger partial charge on any atom is 0.330 e. The summed E-state index contributed by atoms with van der Waals surface area (Å²) in [6, 6.07) is -0.482. The van der Waals surface area contributed by atoms with Gasteiger partial charge >= 0.3 is 6.03 Å². The fraction of sp³-hybridized carbons (Fsp3) is 0.727. The number of urea groups is 1. The van der Waals surface area contributed by atoms with Crippen molar-refractivity contribution < 1.29 is 14.4 Å². The predicted molar refractivity (Wildman–Crippen MR) is 63.8 cm³/mol. The standard InChI is InChI=1S/C11H18N4O3/c1-13-3-4-14(2)8(6-13)7-15-10(17)5-9(16)12-11(15)18/h8H,3-7H2,1-2H3,(H,12,16,18). The van der Waals surface area contributed by atoms with E-state index in [1.54, 1.807) is 0 Å². The number of amides is 4. The summed E-state index contributed by atoms with van der Waals surface area (Å²) in [5, 5.41) is 2.17. The molecule has 100 valence electrons. The van der Waals surface area contributed by atoms with Crippen LogP contribution in [0.25, 0.3) is 0 Å². The lowest BCUT2D eigenvalue weighted by Gasteiger charge is -2.40. The van der Waals surface area contributed by atoms with Gasteiger partial charge in [0, 0.05) is 32.2 Å². The van der Waals surface area contributed by atoms with E-state index in [0.29, 0.717) is 6.54 Å². The van der Waals surface area contributed by atoms with Gasteiger partial charge in [0.15, 0.2) is 0 Å². The summed E-state index contributed by atoms with van der Waals surface area (Å²) < 4.78 is 0. The van der Waals surface area contributed by atoms with Crippen LogP contribution in [0.2, 0.25) is 0 Å². The van der Waals surface area contributed by atoms with E-state index in [1.807, 2.05) is 14.1 Å². The normalized spacial score (nSPS) is 27.6. The van der Waals surface area contributed by atoms with Crippen molar-refractivity contribution in [2.75, 3.05) is 40.3 Å². The second kappa shape index (κ2) is 5.03. The summed E-state index contributed by atoms with van der Waals surface area (Å²) in [5.74, 6) is -0.930. The Labute approximate surface area is 106 Å². The number of hydrogen-bond acceptors (Lipinski definition) is 5. The summed E-state index contributed by atoms with van der Waals surface area (Å²) in [5.41, 5.74) is 0. The highest BCUT2D eigenvalue weighted by molar-refractivity contribution is 6.14. The van der Waals surface area contributed by atoms with Crippen LogP contribution in [0.1, 0.15) is 6.42 Å². The van der Waals surface area contributed by atoms with E-state index in [-0.39, 0.29) is 12.5 Å². The number of piperazine rings is 1. The quantitative estimate of drug-likeness (QED) is 0.620. The zero-order chi connectivity index (χ0) is 13.3. The van der Waals surface area contributed by atoms with E-state index in [1.165, 1.54) is 0 Å². The molecule has 1 unspecified atom stereocenters. The topological polar surface area (TPSA) is 73.0 Å². The van der Waals surface area contributed by atoms with Crippen LogP contribution >= 0.6 is 0 Å². The van der Waals surface area contributed by atoms with Gasteiger partial charge in [-0.15, -0.1) is 0 Å². The molecule has 2 heterocycles. The van der Waals surface area contributed by atoms with Gasteiger partial charge in [-0.05, 0) is 14.1 Å². The minimum atomic E-state index is -0.599. The number of barbiturate groups is 1. The van der Waals surface area contributed by atoms with Crippen LogP contribution in [-0.4, -0.2) is 78.9 Å². The number of imide groups is 2. The maximum atomic E-state index is 11.7. The zero-order valence-electron chi connectivity index (χ0n) is 10.7. The molecule has 2 aliphatic heterocycles. The molecule has 1 atom stereocenters. The second-order valence-electron chi connectivity index (χ2n) is 4.93. The molecule has 0 bridgehead atoms. The smallest absolute Gasteiger partial charge is 0.303 e. The molecule has 0 aromatic rings. The summed E-state index contributed by atoms with van der Waals surface area (Å²) in [7, 11) is 4.00. The van der Waals surface area contributed by atoms with Gasteiger partial charge in [-0.1, -0.05) is 0 Å². The van der Waals surface area contributed by atoms with Crippen LogP contribution in [0.5, 0.6) is 0 Å². The molecule has 0 aromatic heterocycles. The van der Waals surface area contributed by atoms with Crippen LogP contribution in [0, 0.1) is 0 Å². The highest BCUT2D eigenvalue weighted by Crippen LogP contribution is 2.11. The van der Waals surface area contributed by atoms with Gasteiger partial charge in [-0.25, -0.2) is 4.79 Å². The van der Waals surface area contributed by atoms with Gasteiger partial charge in [-0.2, -0.15) is 0 Å². The molecule has 7 nitrogen and oxygen atoms in total. The fourth-order valence-electron chi connectivity index (χ4n) is 2.27. The van der Waals surface area contributed by atoms with Crippen LogP contribution in [-0.2, 0) is 9.59 Å². The third-order valence-corrected chi connectivity index (χ3v) is 3.48. The van der Waals surface area contributed by atoms with Gasteiger partial charge in [0.1, 0.15) is 6.42 Å². The molecule has 2 rings (SSSR count). The summed E-state index contributed by atoms with van der Waals surface area (Å²) in [4.78, 5) is 39.8. The van der Waals surface area contributed by atoms with Crippen molar-refractivity contribution in [3.05, 3.63) is 0 Å². The Balaban J connectivity index is 2.01. The minimum Gasteiger partial charge on any atom is -0.303 e. The first-order valence-corrected chi connectivity index (χ1v) is 6.00. The second-order valence-corrected chi connectivity index (χ2v) is 4.93. The third-order valence-electron chi connectivity index (χ3n) is 3.48. The Bertz CT molecular complexity index is 364. The average molecular weight is 254 g/mol. The Morgan fingerprint density at radius 2 is 1.94 bits per heavy atom. The SMILES string of the molecule is CN1CCN(C)C(CN2C(=O)CC(=O)NC2=O)C1. The van der Waals surface area contributed by atoms with Crippen molar-refractivity contribution in [1.29, 1.82) is 0 Å². The Kier molecular flexibility index (Phi) is 3.63. The molecule has 0 aromatic carbocycles. The highest BCUT2D eigenvalue weighted by atomic mass is 16.2. The van der Waals surface area contributed by atoms with Crippen molar-refractivity contribution >= 4 is 17.8 Å². The van der Waals surface area contributed by atoms with Crippen molar-refractivity contribution in [2.24, 2.45) is 0 Å². The Hall–Kier alpha value is -1.47. The van der Waals surface area contributed by atoms with Crippen molar-refractivity contribution in [3.63, 3.8) is 0 Å². The van der Waals surface area contributed by atoms with E-state index in [4.69, 9.17) is 0 Å². The van der Waals surface area contributed by atoms with Crippen molar-refractivity contribution in [2.45, 2.75) is 12.5 Å². The number of carbonyl (C=O) groups is 3. The highest BCUT2D eigenvalue weighted by Gasteiger charge is 2.34. The third kappa shape index (κ3) is 2.68. The van der Waals surface area contributed by atoms with Crippen LogP contribution in [0.3, 0.4) is 0 Å². The van der Waals surface area contributed by atoms with E-state index >= 15 is 0 Å². The van der Waals surface area contributed by atoms with Crippen LogP contribution < -0.4 is 5.32 Å². The Morgan fingerprint density at radius 1 is 1.22 bits per heavy atom. The molecule has 2 saturated heterocycles. The van der Waals surface area contributed by atoms with Crippen LogP contribution in [0.15, 0.2) is 0 Å². The molecule has 18 heavy (non-hydrogen) atoms. The number of nitrogens with zero attached hydrogens (tertiary/aromatic N) is 3. The average Bonchev–Trinajstić information content (AvgIpc) is 2.28. The Morgan fingerprint density at radius 3 is 2.61 bits per heavy atom. The molecule has 0 radical (unpaired) electrons. The number of rotatable bonds is 2. The largest absolute Gasteiger partial charge is 0.330 e. The molecule has 4 amide bonds. The van der Waals surface area contributed by atoms with Gasteiger partial charge < -0.3 is 4.90 Å². The number of likely N-dealkylation sites (N-methyl/N-ethyl adjacent to an activating group) is 2. The lowest BCUT2D eigenvalue weighted by Crippen LogP contribution is -2.60. The van der Waals surface area contributed by atoms with Crippen molar-refractivity contribution in [3.8, 4) is 0 Å². The summed E-state index contributed by atoms with van der Waals surface area (Å²) >= 11 is 0. The molecule has 0 spiro atoms. The fourth-order valence-corrected chi connectivity index (χ4v) is 2.27. The maximum absolute atomic E-state index is 11.7. The molecule has 2 fully saturated rings. The number of nitrogens with one attached hydrogen (secondary N) is 1. The molecule has 2 aliphatic rings. The molecular weight excluding hydrogens is 236 g/mol. The van der Waals surface area contributed by atoms with Gasteiger partial charge in [0.2, 0.25) is 11.8 Å². The van der Waals surface area contributed by atoms with Crippen molar-refractivity contribution in [1.82, 2.24) is 20.0 Å². The molecular formula is C11H18N4O3. The van der Waals surface area contributed by atoms with Crippen LogP contribution in [0.4, 0.5) is 4.79 Å². The molecule has 0 aliphatic carbocycles. The first-order valence-electron chi connectivity index (χ1n) is 6.00. The van der Waals surface area contributed by atoms with Gasteiger partial charge in [0.25, 0.3) is 0 Å². The van der Waals surface area contributed by atoms with Gasteiger partial charge in [-0.3, -0.25) is 24.7 Å². The first kappa shape index (κ1) is 13.0. The summed E-state index contributed by atoms with van der Waals surface area (Å²) in [6.45, 7) is 3.02. The lowest BCUT2D eigenvalue weighted by molar-refractivity contribution is -0.136. The lowest BCUT2D eigenvalue weighted by atomic mass is 10.1. The van der Waals surface area contributed by atoms with Gasteiger partial charge in [0.05, 0.1) is 0 Å². The number of carbonyl (C=O) groups excluding carboxylic acids is 3. The minimum absolute atomic E-state index is 0.117. The molecule has 1 N–H and O–H groups in total. The van der Waals surface area contributed by atoms with E-state index in [0.717, 1.165) is 24.5 Å². The van der Waals surface area contributed by atoms with E-state index < -0.39 is 17.8 Å². The molecule has 0 saturated carbocycles. The van der Waals surface area contributed by atoms with E-state index in [9.17, 15) is 14.4 Å². The van der Waals surface area contributed by atoms with E-state index in [2.05, 4.69) is 15.1 Å². The monoisotopic (exact) mass is 254 g/mol. The predicted octanol–water partition coefficient (Wildman–Crippen LogP) is -1.30.